The molecule has 1 aromatic rings. The van der Waals surface area contributed by atoms with Crippen LogP contribution < -0.4 is 4.90 Å². The standard InChI is InChI=1S/C18H25NO2/c1-17(2,3)18(21)15-12-8-7-11-14(15)16(20)19(18)13-9-5-4-6-10-13/h4-6,9-10,14-15,21H,7-8,11-12H2,1-3H3/t14-,15+,18+/m0/s1. The number of carbonyl (C=O) groups is 1. The molecule has 0 bridgehead atoms. The summed E-state index contributed by atoms with van der Waals surface area (Å²) in [4.78, 5) is 14.7. The summed E-state index contributed by atoms with van der Waals surface area (Å²) in [7, 11) is 0. The Kier molecular flexibility index (Phi) is 3.36. The van der Waals surface area contributed by atoms with Gasteiger partial charge in [-0.2, -0.15) is 0 Å². The van der Waals surface area contributed by atoms with Crippen LogP contribution in [-0.2, 0) is 4.79 Å². The number of benzene rings is 1. The molecule has 0 unspecified atom stereocenters. The Balaban J connectivity index is 2.13. The van der Waals surface area contributed by atoms with Gasteiger partial charge in [-0.15, -0.1) is 0 Å². The molecule has 114 valence electrons. The zero-order valence-corrected chi connectivity index (χ0v) is 13.2. The second-order valence-corrected chi connectivity index (χ2v) is 7.48. The van der Waals surface area contributed by atoms with E-state index in [-0.39, 0.29) is 23.2 Å². The van der Waals surface area contributed by atoms with Crippen molar-refractivity contribution in [2.75, 3.05) is 4.90 Å². The smallest absolute Gasteiger partial charge is 0.232 e. The van der Waals surface area contributed by atoms with Crippen molar-refractivity contribution in [3.63, 3.8) is 0 Å². The summed E-state index contributed by atoms with van der Waals surface area (Å²) >= 11 is 0. The van der Waals surface area contributed by atoms with E-state index >= 15 is 0 Å². The molecule has 2 fully saturated rings. The van der Waals surface area contributed by atoms with Gasteiger partial charge in [0.2, 0.25) is 5.91 Å². The molecule has 0 aromatic heterocycles. The molecular weight excluding hydrogens is 262 g/mol. The van der Waals surface area contributed by atoms with Crippen molar-refractivity contribution in [3.05, 3.63) is 30.3 Å². The highest BCUT2D eigenvalue weighted by Gasteiger charge is 2.63. The van der Waals surface area contributed by atoms with Gasteiger partial charge in [-0.1, -0.05) is 51.8 Å². The first-order valence-corrected chi connectivity index (χ1v) is 7.99. The Hall–Kier alpha value is -1.35. The molecule has 3 nitrogen and oxygen atoms in total. The molecule has 1 aliphatic carbocycles. The molecule has 1 saturated carbocycles. The van der Waals surface area contributed by atoms with Crippen LogP contribution in [0.5, 0.6) is 0 Å². The fourth-order valence-corrected chi connectivity index (χ4v) is 4.20. The first-order valence-electron chi connectivity index (χ1n) is 7.99. The molecule has 1 aliphatic heterocycles. The first kappa shape index (κ1) is 14.6. The predicted molar refractivity (Wildman–Crippen MR) is 83.8 cm³/mol. The Bertz CT molecular complexity index is 534. The van der Waals surface area contributed by atoms with Crippen LogP contribution in [0, 0.1) is 17.3 Å². The molecular formula is C18H25NO2. The maximum absolute atomic E-state index is 13.0. The Morgan fingerprint density at radius 3 is 2.38 bits per heavy atom. The lowest BCUT2D eigenvalue weighted by molar-refractivity contribution is -0.122. The zero-order valence-electron chi connectivity index (χ0n) is 13.2. The third-order valence-electron chi connectivity index (χ3n) is 5.28. The number of aliphatic hydroxyl groups is 1. The van der Waals surface area contributed by atoms with Crippen LogP contribution in [0.1, 0.15) is 46.5 Å². The topological polar surface area (TPSA) is 40.5 Å². The summed E-state index contributed by atoms with van der Waals surface area (Å²) in [5.74, 6) is 0.116. The molecule has 3 atom stereocenters. The second kappa shape index (κ2) is 4.84. The Morgan fingerprint density at radius 2 is 1.76 bits per heavy atom. The molecule has 1 saturated heterocycles. The molecule has 0 spiro atoms. The van der Waals surface area contributed by atoms with Gasteiger partial charge < -0.3 is 5.11 Å². The minimum Gasteiger partial charge on any atom is -0.370 e. The summed E-state index contributed by atoms with van der Waals surface area (Å²) in [5, 5.41) is 11.6. The van der Waals surface area contributed by atoms with Gasteiger partial charge in [-0.25, -0.2) is 0 Å². The van der Waals surface area contributed by atoms with Gasteiger partial charge in [0.1, 0.15) is 0 Å². The monoisotopic (exact) mass is 287 g/mol. The molecule has 1 N–H and O–H groups in total. The normalized spacial score (nSPS) is 33.1. The Morgan fingerprint density at radius 1 is 1.14 bits per heavy atom. The minimum absolute atomic E-state index is 0.0248. The SMILES string of the molecule is CC(C)(C)[C@]1(O)[C@@H]2CCCC[C@@H]2C(=O)N1c1ccccc1. The highest BCUT2D eigenvalue weighted by molar-refractivity contribution is 5.99. The van der Waals surface area contributed by atoms with Crippen LogP contribution in [-0.4, -0.2) is 16.7 Å². The molecule has 21 heavy (non-hydrogen) atoms. The van der Waals surface area contributed by atoms with Gasteiger partial charge in [0.05, 0.1) is 0 Å². The summed E-state index contributed by atoms with van der Waals surface area (Å²) in [6.45, 7) is 6.10. The molecule has 1 heterocycles. The lowest BCUT2D eigenvalue weighted by Crippen LogP contribution is -2.58. The van der Waals surface area contributed by atoms with Crippen LogP contribution in [0.3, 0.4) is 0 Å². The van der Waals surface area contributed by atoms with Gasteiger partial charge in [-0.3, -0.25) is 9.69 Å². The molecule has 1 amide bonds. The minimum atomic E-state index is -1.10. The number of nitrogens with zero attached hydrogens (tertiary/aromatic N) is 1. The summed E-state index contributed by atoms with van der Waals surface area (Å²) in [6.07, 6.45) is 4.05. The van der Waals surface area contributed by atoms with Crippen molar-refractivity contribution in [2.24, 2.45) is 17.3 Å². The van der Waals surface area contributed by atoms with Gasteiger partial charge in [0.25, 0.3) is 0 Å². The van der Waals surface area contributed by atoms with E-state index in [1.165, 1.54) is 0 Å². The molecule has 0 radical (unpaired) electrons. The van der Waals surface area contributed by atoms with E-state index in [4.69, 9.17) is 0 Å². The number of hydrogen-bond acceptors (Lipinski definition) is 2. The number of hydrogen-bond donors (Lipinski definition) is 1. The van der Waals surface area contributed by atoms with Gasteiger partial charge in [0.15, 0.2) is 5.72 Å². The number of carbonyl (C=O) groups excluding carboxylic acids is 1. The van der Waals surface area contributed by atoms with E-state index in [9.17, 15) is 9.90 Å². The van der Waals surface area contributed by atoms with Crippen LogP contribution in [0.4, 0.5) is 5.69 Å². The van der Waals surface area contributed by atoms with E-state index < -0.39 is 5.72 Å². The summed E-state index contributed by atoms with van der Waals surface area (Å²) < 4.78 is 0. The number of para-hydroxylation sites is 1. The highest BCUT2D eigenvalue weighted by atomic mass is 16.3. The van der Waals surface area contributed by atoms with Crippen molar-refractivity contribution < 1.29 is 9.90 Å². The molecule has 3 heteroatoms. The number of rotatable bonds is 1. The van der Waals surface area contributed by atoms with Gasteiger partial charge in [-0.05, 0) is 25.0 Å². The third-order valence-corrected chi connectivity index (χ3v) is 5.28. The van der Waals surface area contributed by atoms with Gasteiger partial charge in [0, 0.05) is 22.9 Å². The average Bonchev–Trinajstić information content (AvgIpc) is 2.70. The number of amides is 1. The third kappa shape index (κ3) is 2.02. The number of anilines is 1. The molecule has 1 aromatic carbocycles. The van der Waals surface area contributed by atoms with Crippen LogP contribution >= 0.6 is 0 Å². The molecule has 3 rings (SSSR count). The van der Waals surface area contributed by atoms with Crippen LogP contribution in [0.25, 0.3) is 0 Å². The predicted octanol–water partition coefficient (Wildman–Crippen LogP) is 3.57. The largest absolute Gasteiger partial charge is 0.370 e. The van der Waals surface area contributed by atoms with E-state index in [1.807, 2.05) is 51.1 Å². The molecule has 2 aliphatic rings. The maximum Gasteiger partial charge on any atom is 0.232 e. The van der Waals surface area contributed by atoms with Crippen molar-refractivity contribution in [1.82, 2.24) is 0 Å². The van der Waals surface area contributed by atoms with E-state index in [2.05, 4.69) is 0 Å². The quantitative estimate of drug-likeness (QED) is 0.857. The first-order chi connectivity index (χ1) is 9.87. The van der Waals surface area contributed by atoms with Crippen molar-refractivity contribution >= 4 is 11.6 Å². The lowest BCUT2D eigenvalue weighted by atomic mass is 9.68. The summed E-state index contributed by atoms with van der Waals surface area (Å²) in [5.41, 5.74) is -0.666. The summed E-state index contributed by atoms with van der Waals surface area (Å²) in [6, 6.07) is 9.63. The maximum atomic E-state index is 13.0. The van der Waals surface area contributed by atoms with Crippen LogP contribution in [0.2, 0.25) is 0 Å². The van der Waals surface area contributed by atoms with Gasteiger partial charge >= 0.3 is 0 Å². The van der Waals surface area contributed by atoms with Crippen molar-refractivity contribution in [3.8, 4) is 0 Å². The lowest BCUT2D eigenvalue weighted by Gasteiger charge is -2.47. The average molecular weight is 287 g/mol. The van der Waals surface area contributed by atoms with E-state index in [0.29, 0.717) is 0 Å². The van der Waals surface area contributed by atoms with E-state index in [1.54, 1.807) is 4.90 Å². The van der Waals surface area contributed by atoms with Crippen LogP contribution in [0.15, 0.2) is 30.3 Å². The fraction of sp³-hybridized carbons (Fsp3) is 0.611. The fourth-order valence-electron chi connectivity index (χ4n) is 4.20. The second-order valence-electron chi connectivity index (χ2n) is 7.48. The number of fused-ring (bicyclic) bond motifs is 1. The zero-order chi connectivity index (χ0) is 15.3. The van der Waals surface area contributed by atoms with Crippen molar-refractivity contribution in [2.45, 2.75) is 52.2 Å². The van der Waals surface area contributed by atoms with Crippen molar-refractivity contribution in [1.29, 1.82) is 0 Å². The highest BCUT2D eigenvalue weighted by Crippen LogP contribution is 2.54. The van der Waals surface area contributed by atoms with E-state index in [0.717, 1.165) is 31.4 Å². The Labute approximate surface area is 127 Å².